The van der Waals surface area contributed by atoms with Gasteiger partial charge in [-0.1, -0.05) is 6.07 Å². The number of nitrogens with one attached hydrogen (secondary N) is 1. The Bertz CT molecular complexity index is 393. The maximum Gasteiger partial charge on any atom is 0.239 e. The van der Waals surface area contributed by atoms with Crippen LogP contribution in [0.15, 0.2) is 18.2 Å². The second-order valence-corrected chi connectivity index (χ2v) is 3.58. The van der Waals surface area contributed by atoms with E-state index in [1.807, 2.05) is 24.0 Å². The van der Waals surface area contributed by atoms with E-state index in [0.29, 0.717) is 18.0 Å². The summed E-state index contributed by atoms with van der Waals surface area (Å²) in [6, 6.07) is 5.54. The number of para-hydroxylation sites is 1. The summed E-state index contributed by atoms with van der Waals surface area (Å²) < 4.78 is 5.16. The van der Waals surface area contributed by atoms with Crippen molar-refractivity contribution in [3.63, 3.8) is 0 Å². The summed E-state index contributed by atoms with van der Waals surface area (Å²) in [5.41, 5.74) is 7.36. The minimum absolute atomic E-state index is 0.0472. The van der Waals surface area contributed by atoms with Gasteiger partial charge in [0.2, 0.25) is 5.91 Å². The van der Waals surface area contributed by atoms with Gasteiger partial charge in [0.15, 0.2) is 0 Å². The van der Waals surface area contributed by atoms with Crippen LogP contribution < -0.4 is 20.7 Å². The Balaban J connectivity index is 2.99. The Hall–Kier alpha value is -1.91. The van der Waals surface area contributed by atoms with Crippen LogP contribution >= 0.6 is 0 Å². The molecule has 1 rings (SSSR count). The quantitative estimate of drug-likeness (QED) is 0.745. The summed E-state index contributed by atoms with van der Waals surface area (Å²) in [5.74, 6) is 0.576. The molecule has 0 radical (unpaired) electrons. The Kier molecular flexibility index (Phi) is 4.63. The second-order valence-electron chi connectivity index (χ2n) is 3.58. The SMILES string of the molecule is CCN(CC(=O)NC)c1cccc(OC)c1N. The Morgan fingerprint density at radius 3 is 2.76 bits per heavy atom. The van der Waals surface area contributed by atoms with E-state index in [1.54, 1.807) is 20.2 Å². The van der Waals surface area contributed by atoms with Crippen molar-refractivity contribution in [3.8, 4) is 5.75 Å². The number of hydrogen-bond acceptors (Lipinski definition) is 4. The number of nitrogen functional groups attached to an aromatic ring is 1. The van der Waals surface area contributed by atoms with E-state index in [9.17, 15) is 4.79 Å². The molecule has 0 aliphatic heterocycles. The monoisotopic (exact) mass is 237 g/mol. The zero-order chi connectivity index (χ0) is 12.8. The van der Waals surface area contributed by atoms with Crippen molar-refractivity contribution < 1.29 is 9.53 Å². The highest BCUT2D eigenvalue weighted by Gasteiger charge is 2.13. The van der Waals surface area contributed by atoms with Crippen LogP contribution in [0.3, 0.4) is 0 Å². The largest absolute Gasteiger partial charge is 0.495 e. The first-order valence-corrected chi connectivity index (χ1v) is 5.52. The first kappa shape index (κ1) is 13.2. The number of methoxy groups -OCH3 is 1. The lowest BCUT2D eigenvalue weighted by atomic mass is 10.2. The van der Waals surface area contributed by atoms with Crippen LogP contribution in [0.2, 0.25) is 0 Å². The predicted molar refractivity (Wildman–Crippen MR) is 69.4 cm³/mol. The maximum atomic E-state index is 11.4. The first-order chi connectivity index (χ1) is 8.13. The van der Waals surface area contributed by atoms with Crippen LogP contribution in [-0.2, 0) is 4.79 Å². The van der Waals surface area contributed by atoms with Crippen LogP contribution in [-0.4, -0.2) is 33.2 Å². The maximum absolute atomic E-state index is 11.4. The zero-order valence-corrected chi connectivity index (χ0v) is 10.5. The summed E-state index contributed by atoms with van der Waals surface area (Å²) in [7, 11) is 3.19. The summed E-state index contributed by atoms with van der Waals surface area (Å²) in [5, 5.41) is 2.59. The van der Waals surface area contributed by atoms with Crippen molar-refractivity contribution in [3.05, 3.63) is 18.2 Å². The van der Waals surface area contributed by atoms with Gasteiger partial charge in [-0.25, -0.2) is 0 Å². The molecule has 3 N–H and O–H groups in total. The highest BCUT2D eigenvalue weighted by Crippen LogP contribution is 2.31. The van der Waals surface area contributed by atoms with E-state index < -0.39 is 0 Å². The normalized spacial score (nSPS) is 9.82. The summed E-state index contributed by atoms with van der Waals surface area (Å²) in [4.78, 5) is 13.3. The summed E-state index contributed by atoms with van der Waals surface area (Å²) >= 11 is 0. The average molecular weight is 237 g/mol. The second kappa shape index (κ2) is 5.98. The lowest BCUT2D eigenvalue weighted by Gasteiger charge is -2.24. The number of ether oxygens (including phenoxy) is 1. The average Bonchev–Trinajstić information content (AvgIpc) is 2.36. The van der Waals surface area contributed by atoms with Crippen LogP contribution in [0, 0.1) is 0 Å². The molecule has 0 aliphatic carbocycles. The molecule has 0 saturated carbocycles. The number of nitrogens with two attached hydrogens (primary N) is 1. The lowest BCUT2D eigenvalue weighted by molar-refractivity contribution is -0.119. The molecule has 5 heteroatoms. The molecule has 0 aromatic heterocycles. The third-order valence-corrected chi connectivity index (χ3v) is 2.60. The molecule has 1 amide bonds. The standard InChI is InChI=1S/C12H19N3O2/c1-4-15(8-11(16)14-2)9-6-5-7-10(17-3)12(9)13/h5-7H,4,8,13H2,1-3H3,(H,14,16). The van der Waals surface area contributed by atoms with Gasteiger partial charge < -0.3 is 20.7 Å². The molecule has 0 aliphatic rings. The van der Waals surface area contributed by atoms with Crippen molar-refractivity contribution in [2.45, 2.75) is 6.92 Å². The van der Waals surface area contributed by atoms with Crippen LogP contribution in [0.1, 0.15) is 6.92 Å². The van der Waals surface area contributed by atoms with Gasteiger partial charge in [-0.3, -0.25) is 4.79 Å². The molecule has 0 fully saturated rings. The van der Waals surface area contributed by atoms with E-state index in [2.05, 4.69) is 5.32 Å². The van der Waals surface area contributed by atoms with Gasteiger partial charge in [0, 0.05) is 13.6 Å². The first-order valence-electron chi connectivity index (χ1n) is 5.52. The predicted octanol–water partition coefficient (Wildman–Crippen LogP) is 0.850. The number of likely N-dealkylation sites (N-methyl/N-ethyl adjacent to an activating group) is 2. The van der Waals surface area contributed by atoms with Crippen LogP contribution in [0.4, 0.5) is 11.4 Å². The van der Waals surface area contributed by atoms with E-state index in [1.165, 1.54) is 0 Å². The Morgan fingerprint density at radius 2 is 2.24 bits per heavy atom. The number of hydrogen-bond donors (Lipinski definition) is 2. The van der Waals surface area contributed by atoms with Crippen LogP contribution in [0.25, 0.3) is 0 Å². The molecule has 0 heterocycles. The van der Waals surface area contributed by atoms with Crippen molar-refractivity contribution in [1.82, 2.24) is 5.32 Å². The molecular formula is C12H19N3O2. The number of amides is 1. The molecule has 1 aromatic rings. The molecule has 0 unspecified atom stereocenters. The fourth-order valence-electron chi connectivity index (χ4n) is 1.61. The van der Waals surface area contributed by atoms with Crippen molar-refractivity contribution in [2.75, 3.05) is 37.9 Å². The summed E-state index contributed by atoms with van der Waals surface area (Å²) in [6.07, 6.45) is 0. The van der Waals surface area contributed by atoms with Crippen molar-refractivity contribution in [1.29, 1.82) is 0 Å². The number of benzene rings is 1. The topological polar surface area (TPSA) is 67.6 Å². The van der Waals surface area contributed by atoms with Crippen molar-refractivity contribution >= 4 is 17.3 Å². The molecule has 94 valence electrons. The molecule has 1 aromatic carbocycles. The van der Waals surface area contributed by atoms with Gasteiger partial charge in [0.25, 0.3) is 0 Å². The molecule has 5 nitrogen and oxygen atoms in total. The van der Waals surface area contributed by atoms with E-state index in [-0.39, 0.29) is 12.5 Å². The third-order valence-electron chi connectivity index (χ3n) is 2.60. The van der Waals surface area contributed by atoms with Gasteiger partial charge in [-0.2, -0.15) is 0 Å². The Labute approximate surface area is 102 Å². The van der Waals surface area contributed by atoms with E-state index >= 15 is 0 Å². The number of carbonyl (C=O) groups excluding carboxylic acids is 1. The van der Waals surface area contributed by atoms with Gasteiger partial charge in [-0.15, -0.1) is 0 Å². The highest BCUT2D eigenvalue weighted by molar-refractivity contribution is 5.84. The number of carbonyl (C=O) groups is 1. The molecule has 0 atom stereocenters. The van der Waals surface area contributed by atoms with E-state index in [4.69, 9.17) is 10.5 Å². The van der Waals surface area contributed by atoms with E-state index in [0.717, 1.165) is 5.69 Å². The summed E-state index contributed by atoms with van der Waals surface area (Å²) in [6.45, 7) is 2.96. The highest BCUT2D eigenvalue weighted by atomic mass is 16.5. The third kappa shape index (κ3) is 3.03. The lowest BCUT2D eigenvalue weighted by Crippen LogP contribution is -2.35. The molecule has 0 saturated heterocycles. The van der Waals surface area contributed by atoms with Gasteiger partial charge in [0.1, 0.15) is 5.75 Å². The Morgan fingerprint density at radius 1 is 1.53 bits per heavy atom. The molecule has 0 bridgehead atoms. The van der Waals surface area contributed by atoms with Crippen molar-refractivity contribution in [2.24, 2.45) is 0 Å². The number of rotatable bonds is 5. The minimum Gasteiger partial charge on any atom is -0.495 e. The minimum atomic E-state index is -0.0472. The van der Waals surface area contributed by atoms with Gasteiger partial charge in [0.05, 0.1) is 25.0 Å². The number of anilines is 2. The fraction of sp³-hybridized carbons (Fsp3) is 0.417. The van der Waals surface area contributed by atoms with Gasteiger partial charge >= 0.3 is 0 Å². The molecule has 17 heavy (non-hydrogen) atoms. The zero-order valence-electron chi connectivity index (χ0n) is 10.5. The van der Waals surface area contributed by atoms with Gasteiger partial charge in [-0.05, 0) is 19.1 Å². The molecule has 0 spiro atoms. The smallest absolute Gasteiger partial charge is 0.239 e. The van der Waals surface area contributed by atoms with Crippen LogP contribution in [0.5, 0.6) is 5.75 Å². The fourth-order valence-corrected chi connectivity index (χ4v) is 1.61. The number of nitrogens with zero attached hydrogens (tertiary/aromatic N) is 1. The molecular weight excluding hydrogens is 218 g/mol.